The normalized spacial score (nSPS) is 17.9. The molecule has 2 heteroatoms. The van der Waals surface area contributed by atoms with E-state index in [1.54, 1.807) is 5.57 Å². The fraction of sp³-hybridized carbons (Fsp3) is 0.703. The molecule has 0 aliphatic heterocycles. The zero-order chi connectivity index (χ0) is 30.3. The molecule has 0 radical (unpaired) electrons. The maximum absolute atomic E-state index is 11.6. The third-order valence-corrected chi connectivity index (χ3v) is 8.07. The van der Waals surface area contributed by atoms with Gasteiger partial charge in [-0.2, -0.15) is 0 Å². The molecule has 0 saturated heterocycles. The minimum atomic E-state index is -0.253. The smallest absolute Gasteiger partial charge is 0.308 e. The van der Waals surface area contributed by atoms with E-state index in [4.69, 9.17) is 4.74 Å². The summed E-state index contributed by atoms with van der Waals surface area (Å²) in [7, 11) is 0. The van der Waals surface area contributed by atoms with Crippen molar-refractivity contribution in [1.29, 1.82) is 0 Å². The van der Waals surface area contributed by atoms with Gasteiger partial charge in [0.05, 0.1) is 0 Å². The van der Waals surface area contributed by atoms with Gasteiger partial charge in [-0.3, -0.25) is 4.79 Å². The number of esters is 1. The molecule has 1 aromatic rings. The quantitative estimate of drug-likeness (QED) is 0.150. The van der Waals surface area contributed by atoms with Crippen LogP contribution in [-0.4, -0.2) is 5.97 Å². The highest BCUT2D eigenvalue weighted by Crippen LogP contribution is 2.43. The summed E-state index contributed by atoms with van der Waals surface area (Å²) in [5, 5.41) is 0. The SMILES string of the molecule is CC.CC.CC(=O)Oc1c(C)c(C)c2c(c1C)C=CC(C)(CC/C=C(\C)CC(C)CC(C)CCCC(C)C)C2. The molecule has 2 rings (SSSR count). The summed E-state index contributed by atoms with van der Waals surface area (Å²) in [6, 6.07) is 0. The third-order valence-electron chi connectivity index (χ3n) is 8.07. The number of allylic oxidation sites excluding steroid dienone is 3. The van der Waals surface area contributed by atoms with Gasteiger partial charge in [0, 0.05) is 6.92 Å². The maximum Gasteiger partial charge on any atom is 0.308 e. The minimum Gasteiger partial charge on any atom is -0.426 e. The summed E-state index contributed by atoms with van der Waals surface area (Å²) in [6.45, 7) is 30.0. The van der Waals surface area contributed by atoms with E-state index >= 15 is 0 Å². The van der Waals surface area contributed by atoms with Gasteiger partial charge in [-0.25, -0.2) is 0 Å². The number of fused-ring (bicyclic) bond motifs is 1. The number of carbonyl (C=O) groups is 1. The molecule has 1 aliphatic rings. The van der Waals surface area contributed by atoms with E-state index in [0.717, 1.165) is 53.9 Å². The highest BCUT2D eigenvalue weighted by molar-refractivity contribution is 5.74. The molecule has 0 amide bonds. The number of ether oxygens (including phenoxy) is 1. The zero-order valence-electron chi connectivity index (χ0n) is 28.4. The van der Waals surface area contributed by atoms with Crippen molar-refractivity contribution in [2.75, 3.05) is 0 Å². The van der Waals surface area contributed by atoms with E-state index in [1.807, 2.05) is 27.7 Å². The zero-order valence-corrected chi connectivity index (χ0v) is 28.4. The van der Waals surface area contributed by atoms with Gasteiger partial charge in [-0.05, 0) is 111 Å². The van der Waals surface area contributed by atoms with Gasteiger partial charge in [0.1, 0.15) is 5.75 Å². The summed E-state index contributed by atoms with van der Waals surface area (Å²) < 4.78 is 5.57. The second-order valence-corrected chi connectivity index (χ2v) is 12.4. The van der Waals surface area contributed by atoms with Crippen molar-refractivity contribution in [3.63, 3.8) is 0 Å². The predicted molar refractivity (Wildman–Crippen MR) is 175 cm³/mol. The lowest BCUT2D eigenvalue weighted by Gasteiger charge is -2.33. The van der Waals surface area contributed by atoms with Gasteiger partial charge >= 0.3 is 5.97 Å². The molecule has 2 nitrogen and oxygen atoms in total. The van der Waals surface area contributed by atoms with Crippen LogP contribution in [0.15, 0.2) is 17.7 Å². The lowest BCUT2D eigenvalue weighted by atomic mass is 9.72. The van der Waals surface area contributed by atoms with Crippen LogP contribution in [-0.2, 0) is 11.2 Å². The first kappa shape index (κ1) is 37.2. The van der Waals surface area contributed by atoms with E-state index in [0.29, 0.717) is 0 Å². The van der Waals surface area contributed by atoms with E-state index in [9.17, 15) is 4.79 Å². The van der Waals surface area contributed by atoms with Gasteiger partial charge in [0.15, 0.2) is 0 Å². The largest absolute Gasteiger partial charge is 0.426 e. The molecule has 0 fully saturated rings. The average molecular weight is 541 g/mol. The van der Waals surface area contributed by atoms with Gasteiger partial charge in [-0.15, -0.1) is 0 Å². The van der Waals surface area contributed by atoms with Crippen LogP contribution in [0.3, 0.4) is 0 Å². The Labute approximate surface area is 244 Å². The topological polar surface area (TPSA) is 26.3 Å². The van der Waals surface area contributed by atoms with Crippen molar-refractivity contribution in [2.45, 2.75) is 148 Å². The molecule has 3 unspecified atom stereocenters. The molecular formula is C37H64O2. The van der Waals surface area contributed by atoms with Gasteiger partial charge < -0.3 is 4.74 Å². The van der Waals surface area contributed by atoms with Gasteiger partial charge in [-0.1, -0.05) is 105 Å². The van der Waals surface area contributed by atoms with E-state index in [1.165, 1.54) is 55.7 Å². The summed E-state index contributed by atoms with van der Waals surface area (Å²) in [5.41, 5.74) is 7.81. The molecule has 0 spiro atoms. The van der Waals surface area contributed by atoms with Crippen molar-refractivity contribution in [1.82, 2.24) is 0 Å². The van der Waals surface area contributed by atoms with E-state index in [-0.39, 0.29) is 11.4 Å². The van der Waals surface area contributed by atoms with Crippen LogP contribution in [0.25, 0.3) is 6.08 Å². The fourth-order valence-corrected chi connectivity index (χ4v) is 5.94. The molecule has 0 aromatic heterocycles. The van der Waals surface area contributed by atoms with Crippen LogP contribution in [0.4, 0.5) is 0 Å². The molecule has 1 aromatic carbocycles. The lowest BCUT2D eigenvalue weighted by Crippen LogP contribution is -2.22. The summed E-state index contributed by atoms with van der Waals surface area (Å²) in [4.78, 5) is 11.6. The van der Waals surface area contributed by atoms with Crippen molar-refractivity contribution >= 4 is 12.0 Å². The van der Waals surface area contributed by atoms with Crippen molar-refractivity contribution < 1.29 is 9.53 Å². The Bertz CT molecular complexity index is 933. The van der Waals surface area contributed by atoms with Crippen LogP contribution in [0, 0.1) is 43.9 Å². The van der Waals surface area contributed by atoms with Crippen molar-refractivity contribution in [3.05, 3.63) is 45.5 Å². The predicted octanol–water partition coefficient (Wildman–Crippen LogP) is 11.8. The average Bonchev–Trinajstić information content (AvgIpc) is 2.87. The number of benzene rings is 1. The van der Waals surface area contributed by atoms with Crippen LogP contribution in [0.2, 0.25) is 0 Å². The second-order valence-electron chi connectivity index (χ2n) is 12.4. The Kier molecular flexibility index (Phi) is 17.6. The molecule has 39 heavy (non-hydrogen) atoms. The molecule has 0 saturated carbocycles. The first-order valence-corrected chi connectivity index (χ1v) is 16.0. The molecule has 224 valence electrons. The maximum atomic E-state index is 11.6. The van der Waals surface area contributed by atoms with Gasteiger partial charge in [0.25, 0.3) is 0 Å². The molecule has 1 aliphatic carbocycles. The fourth-order valence-electron chi connectivity index (χ4n) is 5.94. The standard InChI is InChI=1S/C33H52O2.2C2H6/c1-22(2)13-11-14-23(3)19-25(5)20-24(4)15-12-17-33(10)18-16-30-28(8)32(35-29(9)34)27(7)26(6)31(30)21-33;2*1-2/h15-16,18,22-23,25H,11-14,17,19-21H2,1-10H3;2*1-2H3/b24-15+;;. The molecule has 3 atom stereocenters. The lowest BCUT2D eigenvalue weighted by molar-refractivity contribution is -0.131. The second kappa shape index (κ2) is 18.5. The van der Waals surface area contributed by atoms with E-state index < -0.39 is 0 Å². The minimum absolute atomic E-state index is 0.160. The Hall–Kier alpha value is -1.83. The summed E-state index contributed by atoms with van der Waals surface area (Å²) in [6.07, 6.45) is 17.1. The Morgan fingerprint density at radius 1 is 0.949 bits per heavy atom. The Morgan fingerprint density at radius 2 is 1.56 bits per heavy atom. The monoisotopic (exact) mass is 540 g/mol. The summed E-state index contributed by atoms with van der Waals surface area (Å²) >= 11 is 0. The van der Waals surface area contributed by atoms with Gasteiger partial charge in [0.2, 0.25) is 0 Å². The molecular weight excluding hydrogens is 476 g/mol. The number of hydrogen-bond acceptors (Lipinski definition) is 2. The summed E-state index contributed by atoms with van der Waals surface area (Å²) in [5.74, 6) is 2.91. The molecule has 0 N–H and O–H groups in total. The first-order valence-electron chi connectivity index (χ1n) is 16.0. The highest BCUT2D eigenvalue weighted by Gasteiger charge is 2.29. The number of carbonyl (C=O) groups excluding carboxylic acids is 1. The van der Waals surface area contributed by atoms with Crippen LogP contribution < -0.4 is 4.74 Å². The first-order chi connectivity index (χ1) is 18.3. The number of hydrogen-bond donors (Lipinski definition) is 0. The Balaban J connectivity index is 0.00000344. The van der Waals surface area contributed by atoms with Crippen molar-refractivity contribution in [2.24, 2.45) is 23.2 Å². The van der Waals surface area contributed by atoms with Crippen molar-refractivity contribution in [3.8, 4) is 5.75 Å². The van der Waals surface area contributed by atoms with Crippen LogP contribution >= 0.6 is 0 Å². The van der Waals surface area contributed by atoms with Crippen LogP contribution in [0.1, 0.15) is 149 Å². The van der Waals surface area contributed by atoms with E-state index in [2.05, 4.69) is 80.5 Å². The Morgan fingerprint density at radius 3 is 2.13 bits per heavy atom. The molecule has 0 heterocycles. The third kappa shape index (κ3) is 12.5. The highest BCUT2D eigenvalue weighted by atomic mass is 16.5. The van der Waals surface area contributed by atoms with Crippen LogP contribution in [0.5, 0.6) is 5.75 Å². The molecule has 0 bridgehead atoms. The number of rotatable bonds is 12.